The van der Waals surface area contributed by atoms with Crippen LogP contribution in [0.4, 0.5) is 4.79 Å². The summed E-state index contributed by atoms with van der Waals surface area (Å²) in [4.78, 5) is 22.8. The van der Waals surface area contributed by atoms with E-state index in [1.165, 1.54) is 6.26 Å². The highest BCUT2D eigenvalue weighted by atomic mass is 32.2. The van der Waals surface area contributed by atoms with E-state index in [1.807, 2.05) is 20.8 Å². The van der Waals surface area contributed by atoms with Crippen molar-refractivity contribution in [2.75, 3.05) is 26.0 Å². The predicted octanol–water partition coefficient (Wildman–Crippen LogP) is 3.57. The maximum Gasteiger partial charge on any atom is 0.410 e. The van der Waals surface area contributed by atoms with Crippen LogP contribution in [0, 0.1) is 5.92 Å². The lowest BCUT2D eigenvalue weighted by Crippen LogP contribution is -2.42. The zero-order valence-electron chi connectivity index (χ0n) is 18.4. The lowest BCUT2D eigenvalue weighted by atomic mass is 9.98. The van der Waals surface area contributed by atoms with Gasteiger partial charge in [-0.15, -0.1) is 0 Å². The molecular weight excluding hydrogens is 418 g/mol. The molecule has 0 N–H and O–H groups in total. The maximum absolute atomic E-state index is 12.1. The largest absolute Gasteiger partial charge is 0.476 e. The molecular formula is C22H29N3O5S. The zero-order valence-corrected chi connectivity index (χ0v) is 19.2. The van der Waals surface area contributed by atoms with E-state index in [4.69, 9.17) is 9.47 Å². The average molecular weight is 448 g/mol. The standard InChI is InChI=1S/C22H29N3O5S/c1-22(2,3)30-21(26)25-11-9-16(10-12-25)15-29-20-14-23-19(13-24-20)17-5-7-18(8-6-17)31(4,27)28/h5-8,13-14,16H,9-12,15H2,1-4H3. The number of ether oxygens (including phenoxy) is 2. The summed E-state index contributed by atoms with van der Waals surface area (Å²) in [6.07, 6.45) is 5.77. The summed E-state index contributed by atoms with van der Waals surface area (Å²) in [7, 11) is -3.23. The van der Waals surface area contributed by atoms with E-state index >= 15 is 0 Å². The van der Waals surface area contributed by atoms with Crippen LogP contribution in [0.25, 0.3) is 11.3 Å². The Balaban J connectivity index is 1.48. The van der Waals surface area contributed by atoms with Gasteiger partial charge in [-0.3, -0.25) is 0 Å². The number of likely N-dealkylation sites (tertiary alicyclic amines) is 1. The van der Waals surface area contributed by atoms with Crippen LogP contribution < -0.4 is 4.74 Å². The fraction of sp³-hybridized carbons (Fsp3) is 0.500. The van der Waals surface area contributed by atoms with Gasteiger partial charge in [0.25, 0.3) is 0 Å². The third-order valence-electron chi connectivity index (χ3n) is 4.94. The molecule has 2 heterocycles. The van der Waals surface area contributed by atoms with Gasteiger partial charge in [0, 0.05) is 24.9 Å². The molecule has 0 atom stereocenters. The Bertz CT molecular complexity index is 991. The molecule has 1 amide bonds. The fourth-order valence-corrected chi connectivity index (χ4v) is 3.86. The fourth-order valence-electron chi connectivity index (χ4n) is 3.22. The number of carbonyl (C=O) groups is 1. The van der Waals surface area contributed by atoms with E-state index < -0.39 is 15.4 Å². The Morgan fingerprint density at radius 3 is 2.26 bits per heavy atom. The smallest absolute Gasteiger partial charge is 0.410 e. The summed E-state index contributed by atoms with van der Waals surface area (Å²) in [5.74, 6) is 0.773. The first-order chi connectivity index (χ1) is 14.5. The van der Waals surface area contributed by atoms with Gasteiger partial charge in [0.05, 0.1) is 29.6 Å². The molecule has 0 aliphatic carbocycles. The number of sulfone groups is 1. The van der Waals surface area contributed by atoms with Crippen molar-refractivity contribution >= 4 is 15.9 Å². The van der Waals surface area contributed by atoms with E-state index in [-0.39, 0.29) is 11.0 Å². The molecule has 1 fully saturated rings. The Hall–Kier alpha value is -2.68. The number of rotatable bonds is 5. The SMILES string of the molecule is CC(C)(C)OC(=O)N1CCC(COc2cnc(-c3ccc(S(C)(=O)=O)cc3)cn2)CC1. The lowest BCUT2D eigenvalue weighted by molar-refractivity contribution is 0.0164. The van der Waals surface area contributed by atoms with Crippen molar-refractivity contribution in [3.05, 3.63) is 36.7 Å². The van der Waals surface area contributed by atoms with Gasteiger partial charge in [-0.1, -0.05) is 12.1 Å². The molecule has 168 valence electrons. The molecule has 0 radical (unpaired) electrons. The molecule has 0 unspecified atom stereocenters. The van der Waals surface area contributed by atoms with Crippen LogP contribution in [0.2, 0.25) is 0 Å². The molecule has 3 rings (SSSR count). The minimum absolute atomic E-state index is 0.266. The van der Waals surface area contributed by atoms with E-state index in [1.54, 1.807) is 41.6 Å². The first-order valence-electron chi connectivity index (χ1n) is 10.2. The highest BCUT2D eigenvalue weighted by Gasteiger charge is 2.27. The van der Waals surface area contributed by atoms with E-state index in [0.29, 0.717) is 37.2 Å². The number of aromatic nitrogens is 2. The minimum Gasteiger partial charge on any atom is -0.476 e. The van der Waals surface area contributed by atoms with Crippen LogP contribution in [-0.4, -0.2) is 60.9 Å². The van der Waals surface area contributed by atoms with Crippen LogP contribution >= 0.6 is 0 Å². The molecule has 0 saturated carbocycles. The third kappa shape index (κ3) is 6.65. The number of benzene rings is 1. The van der Waals surface area contributed by atoms with Crippen molar-refractivity contribution in [1.29, 1.82) is 0 Å². The van der Waals surface area contributed by atoms with E-state index in [0.717, 1.165) is 18.4 Å². The van der Waals surface area contributed by atoms with E-state index in [2.05, 4.69) is 9.97 Å². The number of nitrogens with zero attached hydrogens (tertiary/aromatic N) is 3. The first-order valence-corrected chi connectivity index (χ1v) is 12.1. The van der Waals surface area contributed by atoms with Crippen molar-refractivity contribution in [2.45, 2.75) is 44.1 Å². The quantitative estimate of drug-likeness (QED) is 0.691. The second kappa shape index (κ2) is 9.21. The average Bonchev–Trinajstić information content (AvgIpc) is 2.71. The zero-order chi connectivity index (χ0) is 22.6. The summed E-state index contributed by atoms with van der Waals surface area (Å²) < 4.78 is 34.3. The van der Waals surface area contributed by atoms with Gasteiger partial charge in [0.2, 0.25) is 5.88 Å². The summed E-state index contributed by atoms with van der Waals surface area (Å²) in [5, 5.41) is 0. The van der Waals surface area contributed by atoms with Gasteiger partial charge in [-0.05, 0) is 51.7 Å². The number of amides is 1. The van der Waals surface area contributed by atoms with Gasteiger partial charge in [-0.25, -0.2) is 23.2 Å². The van der Waals surface area contributed by atoms with Crippen molar-refractivity contribution in [1.82, 2.24) is 14.9 Å². The normalized spacial score (nSPS) is 15.5. The maximum atomic E-state index is 12.1. The van der Waals surface area contributed by atoms with Gasteiger partial charge < -0.3 is 14.4 Å². The molecule has 1 saturated heterocycles. The molecule has 1 aliphatic rings. The number of hydrogen-bond donors (Lipinski definition) is 0. The molecule has 1 aliphatic heterocycles. The molecule has 1 aromatic carbocycles. The second-order valence-electron chi connectivity index (χ2n) is 8.76. The summed E-state index contributed by atoms with van der Waals surface area (Å²) in [5.41, 5.74) is 0.927. The van der Waals surface area contributed by atoms with Gasteiger partial charge in [-0.2, -0.15) is 0 Å². The van der Waals surface area contributed by atoms with Crippen LogP contribution in [0.15, 0.2) is 41.6 Å². The Kier molecular flexibility index (Phi) is 6.83. The lowest BCUT2D eigenvalue weighted by Gasteiger charge is -2.33. The third-order valence-corrected chi connectivity index (χ3v) is 6.07. The highest BCUT2D eigenvalue weighted by molar-refractivity contribution is 7.90. The topological polar surface area (TPSA) is 98.7 Å². The molecule has 8 nitrogen and oxygen atoms in total. The van der Waals surface area contributed by atoms with Crippen molar-refractivity contribution in [3.8, 4) is 17.1 Å². The minimum atomic E-state index is -3.23. The summed E-state index contributed by atoms with van der Waals surface area (Å²) >= 11 is 0. The number of carbonyl (C=O) groups excluding carboxylic acids is 1. The van der Waals surface area contributed by atoms with Crippen LogP contribution in [0.5, 0.6) is 5.88 Å². The monoisotopic (exact) mass is 447 g/mol. The number of hydrogen-bond acceptors (Lipinski definition) is 7. The highest BCUT2D eigenvalue weighted by Crippen LogP contribution is 2.22. The molecule has 1 aromatic heterocycles. The predicted molar refractivity (Wildman–Crippen MR) is 117 cm³/mol. The van der Waals surface area contributed by atoms with Crippen LogP contribution in [0.3, 0.4) is 0 Å². The first kappa shape index (κ1) is 23.0. The Morgan fingerprint density at radius 1 is 1.10 bits per heavy atom. The molecule has 2 aromatic rings. The van der Waals surface area contributed by atoms with Crippen molar-refractivity contribution in [2.24, 2.45) is 5.92 Å². The Morgan fingerprint density at radius 2 is 1.74 bits per heavy atom. The van der Waals surface area contributed by atoms with Crippen molar-refractivity contribution in [3.63, 3.8) is 0 Å². The van der Waals surface area contributed by atoms with Crippen LogP contribution in [0.1, 0.15) is 33.6 Å². The van der Waals surface area contributed by atoms with Gasteiger partial charge in [0.1, 0.15) is 5.60 Å². The van der Waals surface area contributed by atoms with Gasteiger partial charge >= 0.3 is 6.09 Å². The second-order valence-corrected chi connectivity index (χ2v) is 10.8. The summed E-state index contributed by atoms with van der Waals surface area (Å²) in [6.45, 7) is 7.40. The Labute approximate surface area is 183 Å². The molecule has 9 heteroatoms. The summed E-state index contributed by atoms with van der Waals surface area (Å²) in [6, 6.07) is 6.53. The van der Waals surface area contributed by atoms with E-state index in [9.17, 15) is 13.2 Å². The van der Waals surface area contributed by atoms with Crippen molar-refractivity contribution < 1.29 is 22.7 Å². The molecule has 31 heavy (non-hydrogen) atoms. The molecule has 0 spiro atoms. The van der Waals surface area contributed by atoms with Gasteiger partial charge in [0.15, 0.2) is 9.84 Å². The number of piperidine rings is 1. The molecule has 0 bridgehead atoms. The van der Waals surface area contributed by atoms with Crippen LogP contribution in [-0.2, 0) is 14.6 Å².